The van der Waals surface area contributed by atoms with Gasteiger partial charge in [0.2, 0.25) is 0 Å². The summed E-state index contributed by atoms with van der Waals surface area (Å²) in [5, 5.41) is 9.46. The second kappa shape index (κ2) is 7.93. The zero-order valence-electron chi connectivity index (χ0n) is 15.6. The lowest BCUT2D eigenvalue weighted by Crippen LogP contribution is -2.26. The Balaban J connectivity index is 1.90. The quantitative estimate of drug-likeness (QED) is 0.860. The van der Waals surface area contributed by atoms with E-state index in [-0.39, 0.29) is 6.04 Å². The van der Waals surface area contributed by atoms with Crippen LogP contribution in [0.2, 0.25) is 0 Å². The van der Waals surface area contributed by atoms with Gasteiger partial charge in [0.05, 0.1) is 17.3 Å². The highest BCUT2D eigenvalue weighted by atomic mass is 16.4. The van der Waals surface area contributed by atoms with Crippen LogP contribution in [0.25, 0.3) is 0 Å². The van der Waals surface area contributed by atoms with Gasteiger partial charge in [0.1, 0.15) is 5.82 Å². The van der Waals surface area contributed by atoms with Crippen LogP contribution in [0.1, 0.15) is 51.9 Å². The molecule has 1 N–H and O–H groups in total. The van der Waals surface area contributed by atoms with Crippen molar-refractivity contribution in [1.82, 2.24) is 19.8 Å². The Morgan fingerprint density at radius 3 is 2.81 bits per heavy atom. The van der Waals surface area contributed by atoms with Crippen molar-refractivity contribution in [3.8, 4) is 0 Å². The molecule has 0 spiro atoms. The molecule has 1 aliphatic rings. The topological polar surface area (TPSA) is 69.6 Å². The van der Waals surface area contributed by atoms with Crippen LogP contribution in [-0.4, -0.2) is 51.5 Å². The predicted octanol–water partition coefficient (Wildman–Crippen LogP) is 2.88. The smallest absolute Gasteiger partial charge is 0.336 e. The summed E-state index contributed by atoms with van der Waals surface area (Å²) in [7, 11) is 4.08. The first kappa shape index (κ1) is 18.5. The summed E-state index contributed by atoms with van der Waals surface area (Å²) in [5.74, 6) is -0.0946. The molecule has 6 nitrogen and oxygen atoms in total. The highest BCUT2D eigenvalue weighted by molar-refractivity contribution is 5.89. The maximum absolute atomic E-state index is 11.5. The van der Waals surface area contributed by atoms with Gasteiger partial charge in [-0.1, -0.05) is 18.2 Å². The van der Waals surface area contributed by atoms with E-state index in [1.54, 1.807) is 12.1 Å². The van der Waals surface area contributed by atoms with Gasteiger partial charge >= 0.3 is 5.97 Å². The summed E-state index contributed by atoms with van der Waals surface area (Å²) in [6.45, 7) is 4.29. The molecule has 2 heterocycles. The SMILES string of the molecule is Cc1ncc(CN(C)C)c([C@@H]2CCCN2Cc2ccccc2C(=O)O)n1. The minimum atomic E-state index is -0.873. The minimum Gasteiger partial charge on any atom is -0.478 e. The molecule has 6 heteroatoms. The third kappa shape index (κ3) is 4.08. The van der Waals surface area contributed by atoms with Crippen molar-refractivity contribution >= 4 is 5.97 Å². The average Bonchev–Trinajstić information content (AvgIpc) is 3.04. The van der Waals surface area contributed by atoms with Crippen molar-refractivity contribution in [2.45, 2.75) is 38.9 Å². The van der Waals surface area contributed by atoms with Crippen molar-refractivity contribution in [3.63, 3.8) is 0 Å². The van der Waals surface area contributed by atoms with Gasteiger partial charge in [-0.2, -0.15) is 0 Å². The second-order valence-corrected chi connectivity index (χ2v) is 7.16. The number of carboxylic acid groups (broad SMARTS) is 1. The second-order valence-electron chi connectivity index (χ2n) is 7.16. The average molecular weight is 354 g/mol. The molecule has 0 radical (unpaired) electrons. The first-order valence-electron chi connectivity index (χ1n) is 8.98. The van der Waals surface area contributed by atoms with E-state index in [0.717, 1.165) is 48.6 Å². The number of rotatable bonds is 6. The van der Waals surface area contributed by atoms with E-state index < -0.39 is 5.97 Å². The summed E-state index contributed by atoms with van der Waals surface area (Å²) >= 11 is 0. The Hall–Kier alpha value is -2.31. The predicted molar refractivity (Wildman–Crippen MR) is 99.9 cm³/mol. The van der Waals surface area contributed by atoms with Gasteiger partial charge in [-0.3, -0.25) is 4.90 Å². The normalized spacial score (nSPS) is 17.8. The molecule has 0 aliphatic carbocycles. The van der Waals surface area contributed by atoms with Crippen LogP contribution in [0.3, 0.4) is 0 Å². The van der Waals surface area contributed by atoms with Gasteiger partial charge in [0.15, 0.2) is 0 Å². The highest BCUT2D eigenvalue weighted by Crippen LogP contribution is 2.34. The Kier molecular flexibility index (Phi) is 5.64. The number of carboxylic acids is 1. The molecule has 0 bridgehead atoms. The Morgan fingerprint density at radius 1 is 1.31 bits per heavy atom. The van der Waals surface area contributed by atoms with E-state index in [1.807, 2.05) is 39.3 Å². The monoisotopic (exact) mass is 354 g/mol. The van der Waals surface area contributed by atoms with Gasteiger partial charge in [-0.05, 0) is 52.0 Å². The van der Waals surface area contributed by atoms with E-state index in [0.29, 0.717) is 12.1 Å². The molecule has 3 rings (SSSR count). The molecule has 1 aromatic heterocycles. The van der Waals surface area contributed by atoms with E-state index in [2.05, 4.69) is 14.8 Å². The molecular formula is C20H26N4O2. The number of hydrogen-bond donors (Lipinski definition) is 1. The van der Waals surface area contributed by atoms with Crippen molar-refractivity contribution in [2.24, 2.45) is 0 Å². The highest BCUT2D eigenvalue weighted by Gasteiger charge is 2.30. The molecule has 1 aromatic carbocycles. The zero-order chi connectivity index (χ0) is 18.7. The third-order valence-corrected chi connectivity index (χ3v) is 4.81. The zero-order valence-corrected chi connectivity index (χ0v) is 15.6. The van der Waals surface area contributed by atoms with Crippen LogP contribution in [-0.2, 0) is 13.1 Å². The fourth-order valence-corrected chi connectivity index (χ4v) is 3.67. The number of aromatic carboxylic acids is 1. The number of aromatic nitrogens is 2. The summed E-state index contributed by atoms with van der Waals surface area (Å²) < 4.78 is 0. The maximum atomic E-state index is 11.5. The van der Waals surface area contributed by atoms with E-state index in [4.69, 9.17) is 4.98 Å². The van der Waals surface area contributed by atoms with E-state index in [1.165, 1.54) is 0 Å². The molecule has 1 fully saturated rings. The van der Waals surface area contributed by atoms with Crippen LogP contribution in [0, 0.1) is 6.92 Å². The van der Waals surface area contributed by atoms with Gasteiger partial charge < -0.3 is 10.0 Å². The van der Waals surface area contributed by atoms with Gasteiger partial charge in [-0.25, -0.2) is 14.8 Å². The standard InChI is InChI=1S/C20H26N4O2/c1-14-21-11-16(12-23(2)3)19(22-14)18-9-6-10-24(18)13-15-7-4-5-8-17(15)20(25)26/h4-5,7-8,11,18H,6,9-10,12-13H2,1-3H3,(H,25,26)/t18-/m0/s1. The van der Waals surface area contributed by atoms with Crippen LogP contribution < -0.4 is 0 Å². The van der Waals surface area contributed by atoms with Crippen LogP contribution in [0.15, 0.2) is 30.5 Å². The lowest BCUT2D eigenvalue weighted by atomic mass is 10.0. The summed E-state index contributed by atoms with van der Waals surface area (Å²) in [6.07, 6.45) is 4.05. The van der Waals surface area contributed by atoms with Crippen molar-refractivity contribution in [2.75, 3.05) is 20.6 Å². The lowest BCUT2D eigenvalue weighted by Gasteiger charge is -2.27. The number of nitrogens with zero attached hydrogens (tertiary/aromatic N) is 4. The number of carbonyl (C=O) groups is 1. The number of benzene rings is 1. The third-order valence-electron chi connectivity index (χ3n) is 4.81. The fourth-order valence-electron chi connectivity index (χ4n) is 3.67. The van der Waals surface area contributed by atoms with E-state index in [9.17, 15) is 9.90 Å². The lowest BCUT2D eigenvalue weighted by molar-refractivity contribution is 0.0694. The molecule has 1 aliphatic heterocycles. The van der Waals surface area contributed by atoms with Gasteiger partial charge in [0, 0.05) is 24.8 Å². The van der Waals surface area contributed by atoms with Crippen molar-refractivity contribution in [3.05, 3.63) is 58.7 Å². The van der Waals surface area contributed by atoms with Gasteiger partial charge in [-0.15, -0.1) is 0 Å². The van der Waals surface area contributed by atoms with E-state index >= 15 is 0 Å². The molecule has 138 valence electrons. The molecule has 1 atom stereocenters. The first-order valence-corrected chi connectivity index (χ1v) is 8.98. The van der Waals surface area contributed by atoms with Crippen molar-refractivity contribution in [1.29, 1.82) is 0 Å². The van der Waals surface area contributed by atoms with Crippen LogP contribution in [0.4, 0.5) is 0 Å². The summed E-state index contributed by atoms with van der Waals surface area (Å²) in [5.41, 5.74) is 3.46. The molecule has 0 saturated carbocycles. The fraction of sp³-hybridized carbons (Fsp3) is 0.450. The first-order chi connectivity index (χ1) is 12.5. The largest absolute Gasteiger partial charge is 0.478 e. The Bertz CT molecular complexity index is 791. The number of hydrogen-bond acceptors (Lipinski definition) is 5. The van der Waals surface area contributed by atoms with Crippen molar-refractivity contribution < 1.29 is 9.90 Å². The minimum absolute atomic E-state index is 0.202. The summed E-state index contributed by atoms with van der Waals surface area (Å²) in [4.78, 5) is 25.1. The number of likely N-dealkylation sites (tertiary alicyclic amines) is 1. The molecule has 0 unspecified atom stereocenters. The number of aryl methyl sites for hydroxylation is 1. The van der Waals surface area contributed by atoms with Crippen LogP contribution in [0.5, 0.6) is 0 Å². The summed E-state index contributed by atoms with van der Waals surface area (Å²) in [6, 6.07) is 7.46. The molecule has 1 saturated heterocycles. The molecule has 26 heavy (non-hydrogen) atoms. The Labute approximate surface area is 154 Å². The molecule has 0 amide bonds. The van der Waals surface area contributed by atoms with Gasteiger partial charge in [0.25, 0.3) is 0 Å². The molecule has 2 aromatic rings. The Morgan fingerprint density at radius 2 is 2.08 bits per heavy atom. The molecular weight excluding hydrogens is 328 g/mol. The van der Waals surface area contributed by atoms with Crippen LogP contribution >= 0.6 is 0 Å². The maximum Gasteiger partial charge on any atom is 0.336 e.